The van der Waals surface area contributed by atoms with Crippen molar-refractivity contribution in [3.63, 3.8) is 0 Å². The normalized spacial score (nSPS) is 12.4. The Morgan fingerprint density at radius 1 is 0.248 bits per heavy atom. The number of rotatable bonds is 8. The van der Waals surface area contributed by atoms with E-state index in [2.05, 4.69) is 299 Å². The molecule has 1 aliphatic carbocycles. The fraction of sp³-hybridized carbons (Fsp3) is 0.0278. The zero-order valence-corrected chi connectivity index (χ0v) is 65.5. The maximum Gasteiger partial charge on any atom is 0.235 e. The van der Waals surface area contributed by atoms with Gasteiger partial charge in [0.1, 0.15) is 16.7 Å². The molecule has 0 atom stereocenters. The summed E-state index contributed by atoms with van der Waals surface area (Å²) in [5, 5.41) is 15.6. The van der Waals surface area contributed by atoms with Crippen molar-refractivity contribution < 1.29 is 13.3 Å². The van der Waals surface area contributed by atoms with Crippen LogP contribution in [-0.2, 0) is 5.41 Å². The molecule has 13 heteroatoms. The van der Waals surface area contributed by atoms with E-state index in [4.69, 9.17) is 43.2 Å². The summed E-state index contributed by atoms with van der Waals surface area (Å²) in [5.74, 6) is 1.93. The summed E-state index contributed by atoms with van der Waals surface area (Å²) in [7, 11) is 0. The molecular formula is C108H68N10O3. The van der Waals surface area contributed by atoms with E-state index in [0.29, 0.717) is 17.8 Å². The molecule has 121 heavy (non-hydrogen) atoms. The Morgan fingerprint density at radius 2 is 0.620 bits per heavy atom. The molecule has 25 aromatic rings. The first-order valence-electron chi connectivity index (χ1n) is 40.6. The van der Waals surface area contributed by atoms with E-state index in [1.165, 1.54) is 49.5 Å². The number of hydrogen-bond donors (Lipinski definition) is 0. The van der Waals surface area contributed by atoms with Crippen molar-refractivity contribution in [3.8, 4) is 85.1 Å². The Labute approximate surface area is 691 Å². The van der Waals surface area contributed by atoms with E-state index < -0.39 is 0 Å². The average molecular weight is 1550 g/mol. The molecule has 0 unspecified atom stereocenters. The molecule has 0 fully saturated rings. The number of hydrogen-bond acceptors (Lipinski definition) is 10. The molecule has 0 radical (unpaired) electrons. The van der Waals surface area contributed by atoms with Gasteiger partial charge in [-0.1, -0.05) is 257 Å². The fourth-order valence-electron chi connectivity index (χ4n) is 18.8. The van der Waals surface area contributed by atoms with Gasteiger partial charge in [-0.3, -0.25) is 18.7 Å². The molecule has 1 aliphatic rings. The number of para-hydroxylation sites is 6. The maximum absolute atomic E-state index is 5.81. The second kappa shape index (κ2) is 27.5. The van der Waals surface area contributed by atoms with Crippen LogP contribution < -0.4 is 0 Å². The number of fused-ring (bicyclic) bond motifs is 22. The van der Waals surface area contributed by atoms with E-state index in [9.17, 15) is 0 Å². The summed E-state index contributed by atoms with van der Waals surface area (Å²) < 4.78 is 23.9. The van der Waals surface area contributed by atoms with Crippen molar-refractivity contribution in [2.24, 2.45) is 0 Å². The molecule has 0 N–H and O–H groups in total. The monoisotopic (exact) mass is 1550 g/mol. The summed E-state index contributed by atoms with van der Waals surface area (Å²) in [5.41, 5.74) is 27.2. The predicted octanol–water partition coefficient (Wildman–Crippen LogP) is 27.6. The first-order chi connectivity index (χ1) is 59.8. The van der Waals surface area contributed by atoms with Crippen molar-refractivity contribution in [1.82, 2.24) is 48.6 Å². The van der Waals surface area contributed by atoms with Crippen LogP contribution in [-0.4, -0.2) is 48.6 Å². The third-order valence-electron chi connectivity index (χ3n) is 24.4. The minimum Gasteiger partial charge on any atom is -0.464 e. The zero-order chi connectivity index (χ0) is 80.0. The van der Waals surface area contributed by atoms with Gasteiger partial charge in [-0.15, -0.1) is 0 Å². The summed E-state index contributed by atoms with van der Waals surface area (Å²) in [6.45, 7) is 4.64. The van der Waals surface area contributed by atoms with Crippen molar-refractivity contribution in [1.29, 1.82) is 0 Å². The maximum atomic E-state index is 5.81. The minimum atomic E-state index is -0.0900. The third kappa shape index (κ3) is 11.1. The minimum absolute atomic E-state index is 0.0900. The van der Waals surface area contributed by atoms with Crippen LogP contribution in [0.5, 0.6) is 0 Å². The van der Waals surface area contributed by atoms with Gasteiger partial charge >= 0.3 is 0 Å². The van der Waals surface area contributed by atoms with Crippen molar-refractivity contribution in [3.05, 3.63) is 388 Å². The zero-order valence-electron chi connectivity index (χ0n) is 65.5. The summed E-state index contributed by atoms with van der Waals surface area (Å²) >= 11 is 0. The average Bonchev–Trinajstić information content (AvgIpc) is 1.59. The molecule has 15 aromatic carbocycles. The highest BCUT2D eigenvalue weighted by molar-refractivity contribution is 6.21. The van der Waals surface area contributed by atoms with Gasteiger partial charge in [0, 0.05) is 98.5 Å². The van der Waals surface area contributed by atoms with Gasteiger partial charge in [0.05, 0.1) is 91.2 Å². The van der Waals surface area contributed by atoms with Crippen LogP contribution in [0.4, 0.5) is 0 Å². The predicted molar refractivity (Wildman–Crippen MR) is 491 cm³/mol. The van der Waals surface area contributed by atoms with Gasteiger partial charge in [-0.05, 0) is 153 Å². The van der Waals surface area contributed by atoms with Crippen LogP contribution in [0, 0.1) is 0 Å². The number of pyridine rings is 1. The van der Waals surface area contributed by atoms with Gasteiger partial charge in [0.15, 0.2) is 0 Å². The lowest BCUT2D eigenvalue weighted by atomic mass is 9.82. The SMILES string of the molecule is CC1(C)c2ccccc2-c2ccc(-c3nc(-n4c5ccccc5c5ccc6occc6c54)nc4ccccc34)cc21.c1ccc(-c2ccc(-c3nc(-n4c5ccccc5c5ccc6occc6c54)nc4ccccc34)cc2)nc1.c1ccc2c(-c3ccc(-c4nc(-n5c6ccccc6c6ccc7occc7c65)nc5ccccc45)cc3)cccc2c1. The lowest BCUT2D eigenvalue weighted by Gasteiger charge is -2.22. The van der Waals surface area contributed by atoms with Gasteiger partial charge < -0.3 is 13.3 Å². The lowest BCUT2D eigenvalue weighted by molar-refractivity contribution is 0.615. The molecule has 568 valence electrons. The highest BCUT2D eigenvalue weighted by atomic mass is 16.3. The van der Waals surface area contributed by atoms with Gasteiger partial charge in [-0.25, -0.2) is 29.9 Å². The van der Waals surface area contributed by atoms with Crippen LogP contribution >= 0.6 is 0 Å². The molecule has 13 nitrogen and oxygen atoms in total. The molecule has 0 saturated carbocycles. The molecule has 0 aliphatic heterocycles. The highest BCUT2D eigenvalue weighted by Crippen LogP contribution is 2.51. The molecule has 0 saturated heterocycles. The van der Waals surface area contributed by atoms with Crippen molar-refractivity contribution >= 4 is 142 Å². The van der Waals surface area contributed by atoms with E-state index in [0.717, 1.165) is 171 Å². The third-order valence-corrected chi connectivity index (χ3v) is 24.4. The first-order valence-corrected chi connectivity index (χ1v) is 40.6. The van der Waals surface area contributed by atoms with Crippen LogP contribution in [0.25, 0.3) is 227 Å². The smallest absolute Gasteiger partial charge is 0.235 e. The van der Waals surface area contributed by atoms with E-state index in [1.807, 2.05) is 91.1 Å². The quantitative estimate of drug-likeness (QED) is 0.144. The van der Waals surface area contributed by atoms with E-state index in [-0.39, 0.29) is 5.41 Å². The number of benzene rings is 15. The van der Waals surface area contributed by atoms with Crippen LogP contribution in [0.1, 0.15) is 25.0 Å². The highest BCUT2D eigenvalue weighted by Gasteiger charge is 2.36. The molecular weight excluding hydrogens is 1490 g/mol. The molecule has 10 aromatic heterocycles. The van der Waals surface area contributed by atoms with Gasteiger partial charge in [0.25, 0.3) is 0 Å². The van der Waals surface area contributed by atoms with E-state index >= 15 is 0 Å². The molecule has 0 spiro atoms. The lowest BCUT2D eigenvalue weighted by Crippen LogP contribution is -2.15. The first kappa shape index (κ1) is 69.1. The second-order valence-electron chi connectivity index (χ2n) is 31.4. The van der Waals surface area contributed by atoms with E-state index in [1.54, 1.807) is 18.8 Å². The van der Waals surface area contributed by atoms with Crippen molar-refractivity contribution in [2.45, 2.75) is 19.3 Å². The Kier molecular flexibility index (Phi) is 15.7. The Bertz CT molecular complexity index is 8510. The van der Waals surface area contributed by atoms with Crippen LogP contribution in [0.3, 0.4) is 0 Å². The summed E-state index contributed by atoms with van der Waals surface area (Å²) in [6, 6.07) is 122. The Morgan fingerprint density at radius 3 is 1.10 bits per heavy atom. The van der Waals surface area contributed by atoms with Crippen LogP contribution in [0.15, 0.2) is 390 Å². The number of aromatic nitrogens is 10. The topological polar surface area (TPSA) is 144 Å². The molecule has 26 rings (SSSR count). The summed E-state index contributed by atoms with van der Waals surface area (Å²) in [6.07, 6.45) is 7.05. The number of nitrogens with zero attached hydrogens (tertiary/aromatic N) is 10. The van der Waals surface area contributed by atoms with Crippen molar-refractivity contribution in [2.75, 3.05) is 0 Å². The number of furan rings is 3. The molecule has 0 bridgehead atoms. The largest absolute Gasteiger partial charge is 0.464 e. The second-order valence-corrected chi connectivity index (χ2v) is 31.4. The van der Waals surface area contributed by atoms with Gasteiger partial charge in [0.2, 0.25) is 17.8 Å². The summed E-state index contributed by atoms with van der Waals surface area (Å²) in [4.78, 5) is 35.7. The standard InChI is InChI=1S/C38H23N3O.C37H25N3O.C33H20N4O/c1-2-10-27-24(8-1)9-7-13-28(27)25-16-18-26(19-17-25)36-31-12-3-5-14-33(31)39-38(40-36)41-34-15-6-4-11-29(34)30-20-21-35-32(37(30)41)22-23-42-35;1-37(2)29-12-6-3-9-23(29)24-16-15-22(21-30(24)37)34-27-11-4-7-13-31(27)38-36(39-34)40-32-14-8-5-10-25(32)26-17-18-33-28(35(26)40)19-20-41-33;1-3-10-28-25(8-1)31(22-14-12-21(13-15-22)27-9-5-6-19-34-27)36-33(35-28)37-29-11-4-2-7-23(29)24-16-17-30-26(32(24)37)18-20-38-30/h1-23H;3-21H,1-2H3;1-20H. The van der Waals surface area contributed by atoms with Crippen LogP contribution in [0.2, 0.25) is 0 Å². The molecule has 10 heterocycles. The Balaban J connectivity index is 0.000000103. The Hall–Kier alpha value is -16.3. The molecule has 0 amide bonds. The fourth-order valence-corrected chi connectivity index (χ4v) is 18.8. The van der Waals surface area contributed by atoms with Gasteiger partial charge in [-0.2, -0.15) is 0 Å².